The number of hydrogen-bond acceptors (Lipinski definition) is 8. The minimum atomic E-state index is -3.80. The Bertz CT molecular complexity index is 2550. The number of thioether (sulfide) groups is 2. The summed E-state index contributed by atoms with van der Waals surface area (Å²) in [5.74, 6) is 0.606. The fourth-order valence-corrected chi connectivity index (χ4v) is 13.6. The quantitative estimate of drug-likeness (QED) is 0.127. The second-order valence-corrected chi connectivity index (χ2v) is 24.2. The molecular weight excluding hydrogens is 881 g/mol. The maximum absolute atomic E-state index is 13.5. The topological polar surface area (TPSA) is 133 Å². The van der Waals surface area contributed by atoms with Crippen LogP contribution in [0.4, 0.5) is 0 Å². The zero-order chi connectivity index (χ0) is 46.3. The predicted molar refractivity (Wildman–Crippen MR) is 261 cm³/mol. The maximum Gasteiger partial charge on any atom is 0.249 e. The summed E-state index contributed by atoms with van der Waals surface area (Å²) in [6.07, 6.45) is 0.620. The van der Waals surface area contributed by atoms with E-state index < -0.39 is 30.8 Å². The molecule has 2 fully saturated rings. The zero-order valence-corrected chi connectivity index (χ0v) is 40.9. The third-order valence-corrected chi connectivity index (χ3v) is 17.7. The minimum absolute atomic E-state index is 0.0538. The van der Waals surface area contributed by atoms with Gasteiger partial charge in [-0.25, -0.2) is 16.8 Å². The molecule has 2 amide bonds. The van der Waals surface area contributed by atoms with E-state index in [1.807, 2.05) is 122 Å². The molecule has 10 nitrogen and oxygen atoms in total. The lowest BCUT2D eigenvalue weighted by molar-refractivity contribution is -0.123. The van der Waals surface area contributed by atoms with Crippen molar-refractivity contribution < 1.29 is 26.4 Å². The van der Waals surface area contributed by atoms with Crippen molar-refractivity contribution in [3.63, 3.8) is 0 Å². The van der Waals surface area contributed by atoms with Crippen molar-refractivity contribution in [2.24, 2.45) is 0 Å². The van der Waals surface area contributed by atoms with Crippen LogP contribution in [-0.2, 0) is 46.9 Å². The van der Waals surface area contributed by atoms with Gasteiger partial charge in [-0.15, -0.1) is 23.5 Å². The predicted octanol–water partition coefficient (Wildman–Crippen LogP) is 9.07. The molecule has 2 aliphatic rings. The van der Waals surface area contributed by atoms with Crippen LogP contribution < -0.4 is 10.6 Å². The van der Waals surface area contributed by atoms with Gasteiger partial charge in [0, 0.05) is 24.6 Å². The third-order valence-electron chi connectivity index (χ3n) is 11.3. The summed E-state index contributed by atoms with van der Waals surface area (Å²) in [5, 5.41) is 4.54. The highest BCUT2D eigenvalue weighted by molar-refractivity contribution is 8.02. The second kappa shape index (κ2) is 20.8. The Morgan fingerprint density at radius 1 is 0.562 bits per heavy atom. The summed E-state index contributed by atoms with van der Waals surface area (Å²) < 4.78 is 56.0. The molecule has 2 heterocycles. The van der Waals surface area contributed by atoms with Gasteiger partial charge in [0.05, 0.1) is 21.9 Å². The Hall–Kier alpha value is -4.44. The Morgan fingerprint density at radius 3 is 1.34 bits per heavy atom. The van der Waals surface area contributed by atoms with E-state index >= 15 is 0 Å². The van der Waals surface area contributed by atoms with Crippen molar-refractivity contribution in [1.29, 1.82) is 0 Å². The average molecular weight is 941 g/mol. The number of amides is 2. The van der Waals surface area contributed by atoms with E-state index in [9.17, 15) is 26.4 Å². The highest BCUT2D eigenvalue weighted by Gasteiger charge is 2.42. The minimum Gasteiger partial charge on any atom is -0.347 e. The fourth-order valence-electron chi connectivity index (χ4n) is 7.48. The Labute approximate surface area is 389 Å². The number of sulfonamides is 2. The number of carbonyl (C=O) groups is 2. The molecule has 2 saturated heterocycles. The summed E-state index contributed by atoms with van der Waals surface area (Å²) in [6.45, 7) is 15.1. The van der Waals surface area contributed by atoms with Crippen molar-refractivity contribution in [3.8, 4) is 0 Å². The summed E-state index contributed by atoms with van der Waals surface area (Å²) in [7, 11) is -7.55. The first-order valence-electron chi connectivity index (χ1n) is 21.5. The van der Waals surface area contributed by atoms with Gasteiger partial charge in [0.1, 0.15) is 10.7 Å². The Balaban J connectivity index is 0.000000216. The Kier molecular flexibility index (Phi) is 15.9. The summed E-state index contributed by atoms with van der Waals surface area (Å²) >= 11 is 2.73. The molecule has 4 atom stereocenters. The van der Waals surface area contributed by atoms with E-state index in [-0.39, 0.29) is 44.5 Å². The number of nitrogens with one attached hydrogen (secondary N) is 2. The van der Waals surface area contributed by atoms with Gasteiger partial charge in [0.2, 0.25) is 31.9 Å². The molecule has 64 heavy (non-hydrogen) atoms. The van der Waals surface area contributed by atoms with Crippen molar-refractivity contribution in [1.82, 2.24) is 19.2 Å². The van der Waals surface area contributed by atoms with Gasteiger partial charge in [0.15, 0.2) is 0 Å². The molecule has 0 saturated carbocycles. The van der Waals surface area contributed by atoms with Gasteiger partial charge >= 0.3 is 0 Å². The molecule has 340 valence electrons. The molecule has 0 bridgehead atoms. The first kappa shape index (κ1) is 49.0. The van der Waals surface area contributed by atoms with E-state index in [0.717, 1.165) is 27.8 Å². The number of rotatable bonds is 12. The highest BCUT2D eigenvalue weighted by atomic mass is 32.2. The van der Waals surface area contributed by atoms with E-state index in [1.54, 1.807) is 24.3 Å². The van der Waals surface area contributed by atoms with Gasteiger partial charge < -0.3 is 10.6 Å². The third kappa shape index (κ3) is 12.1. The van der Waals surface area contributed by atoms with Gasteiger partial charge in [-0.05, 0) is 76.3 Å². The molecule has 0 radical (unpaired) electrons. The van der Waals surface area contributed by atoms with Crippen LogP contribution in [0.15, 0.2) is 149 Å². The molecule has 5 aromatic carbocycles. The van der Waals surface area contributed by atoms with E-state index in [1.165, 1.54) is 32.1 Å². The number of benzene rings is 5. The summed E-state index contributed by atoms with van der Waals surface area (Å²) in [5.41, 5.74) is 5.08. The lowest BCUT2D eigenvalue weighted by atomic mass is 9.87. The first-order valence-corrected chi connectivity index (χ1v) is 26.5. The zero-order valence-electron chi connectivity index (χ0n) is 37.6. The molecule has 7 rings (SSSR count). The molecule has 0 aliphatic carbocycles. The molecular formula is C50H60N4O6S4. The summed E-state index contributed by atoms with van der Waals surface area (Å²) in [4.78, 5) is 26.8. The van der Waals surface area contributed by atoms with E-state index in [0.29, 0.717) is 31.0 Å². The number of hydrogen-bond donors (Lipinski definition) is 2. The molecule has 5 aromatic rings. The van der Waals surface area contributed by atoms with Crippen molar-refractivity contribution >= 4 is 55.4 Å². The van der Waals surface area contributed by atoms with Crippen LogP contribution in [-0.4, -0.2) is 72.6 Å². The molecule has 2 N–H and O–H groups in total. The van der Waals surface area contributed by atoms with Gasteiger partial charge in [-0.2, -0.15) is 8.61 Å². The largest absolute Gasteiger partial charge is 0.347 e. The van der Waals surface area contributed by atoms with Gasteiger partial charge in [-0.1, -0.05) is 157 Å². The normalized spacial score (nSPS) is 18.4. The number of nitrogens with zero attached hydrogens (tertiary/aromatic N) is 2. The lowest BCUT2D eigenvalue weighted by Crippen LogP contribution is -2.46. The van der Waals surface area contributed by atoms with E-state index in [4.69, 9.17) is 0 Å². The average Bonchev–Trinajstić information content (AvgIpc) is 4.00. The maximum atomic E-state index is 13.5. The molecule has 0 aromatic heterocycles. The first-order chi connectivity index (χ1) is 30.3. The van der Waals surface area contributed by atoms with Crippen molar-refractivity contribution in [3.05, 3.63) is 167 Å². The van der Waals surface area contributed by atoms with Crippen molar-refractivity contribution in [2.45, 2.75) is 98.3 Å². The molecule has 4 unspecified atom stereocenters. The van der Waals surface area contributed by atoms with Crippen molar-refractivity contribution in [2.75, 3.05) is 24.6 Å². The number of carbonyl (C=O) groups excluding carboxylic acids is 2. The second-order valence-electron chi connectivity index (χ2n) is 18.0. The van der Waals surface area contributed by atoms with Crippen LogP contribution in [0.5, 0.6) is 0 Å². The van der Waals surface area contributed by atoms with Gasteiger partial charge in [0.25, 0.3) is 0 Å². The van der Waals surface area contributed by atoms with Crippen LogP contribution >= 0.6 is 23.5 Å². The fraction of sp³-hybridized carbons (Fsp3) is 0.360. The Morgan fingerprint density at radius 2 is 0.938 bits per heavy atom. The highest BCUT2D eigenvalue weighted by Crippen LogP contribution is 2.34. The molecule has 2 aliphatic heterocycles. The molecule has 0 spiro atoms. The van der Waals surface area contributed by atoms with Crippen LogP contribution in [0.2, 0.25) is 0 Å². The monoisotopic (exact) mass is 940 g/mol. The van der Waals surface area contributed by atoms with Gasteiger partial charge in [-0.3, -0.25) is 9.59 Å². The van der Waals surface area contributed by atoms with Crippen LogP contribution in [0.3, 0.4) is 0 Å². The van der Waals surface area contributed by atoms with Crippen LogP contribution in [0.1, 0.15) is 88.4 Å². The smallest absolute Gasteiger partial charge is 0.249 e. The van der Waals surface area contributed by atoms with Crippen LogP contribution in [0, 0.1) is 0 Å². The summed E-state index contributed by atoms with van der Waals surface area (Å²) in [6, 6.07) is 43.0. The molecule has 14 heteroatoms. The standard InChI is InChI=1S/C28H32N2O3S2.C22H28N2O3S2/c1-28(2,3)23-14-16-24(17-15-23)35(32,33)30-18-19-34-27(30)26(31)29-25(22-12-8-5-9-13-22)20-21-10-6-4-7-11-21;1-16(17-8-6-5-7-9-17)23-20(25)21-24(14-15-28-21)29(26,27)19-12-10-18(11-13-19)22(2,3)4/h4-17,25,27H,18-20H2,1-3H3,(H,29,31);5-13,16,21H,14-15H2,1-4H3,(H,23,25). The van der Waals surface area contributed by atoms with Crippen LogP contribution in [0.25, 0.3) is 0 Å². The lowest BCUT2D eigenvalue weighted by Gasteiger charge is -2.26. The van der Waals surface area contributed by atoms with E-state index in [2.05, 4.69) is 52.2 Å². The SMILES string of the molecule is CC(C)(C)c1ccc(S(=O)(=O)N2CCSC2C(=O)NC(Cc2ccccc2)c2ccccc2)cc1.CC(NC(=O)C1SCCN1S(=O)(=O)c1ccc(C(C)(C)C)cc1)c1ccccc1.